The molecule has 4 heteroatoms. The first-order valence-electron chi connectivity index (χ1n) is 6.92. The molecule has 2 nitrogen and oxygen atoms in total. The van der Waals surface area contributed by atoms with Crippen LogP contribution in [0.15, 0.2) is 46.9 Å². The van der Waals surface area contributed by atoms with Crippen LogP contribution in [0.25, 0.3) is 0 Å². The molecule has 0 heterocycles. The number of likely N-dealkylation sites (N-methyl/N-ethyl adjacent to an activating group) is 1. The molecule has 0 spiro atoms. The smallest absolute Gasteiger partial charge is 0.128 e. The lowest BCUT2D eigenvalue weighted by molar-refractivity contribution is 0.236. The van der Waals surface area contributed by atoms with E-state index in [0.29, 0.717) is 12.1 Å². The molecule has 0 fully saturated rings. The molecule has 1 atom stereocenters. The van der Waals surface area contributed by atoms with Crippen LogP contribution in [0.1, 0.15) is 22.7 Å². The molecule has 0 aromatic heterocycles. The highest BCUT2D eigenvalue weighted by Gasteiger charge is 2.19. The van der Waals surface area contributed by atoms with E-state index in [4.69, 9.17) is 5.73 Å². The number of hydrogen-bond acceptors (Lipinski definition) is 2. The van der Waals surface area contributed by atoms with Crippen molar-refractivity contribution in [1.82, 2.24) is 4.90 Å². The molecule has 2 aromatic carbocycles. The van der Waals surface area contributed by atoms with Gasteiger partial charge in [0.05, 0.1) is 0 Å². The van der Waals surface area contributed by atoms with Crippen molar-refractivity contribution in [2.24, 2.45) is 5.73 Å². The summed E-state index contributed by atoms with van der Waals surface area (Å²) in [4.78, 5) is 2.08. The van der Waals surface area contributed by atoms with Gasteiger partial charge in [-0.05, 0) is 37.7 Å². The number of rotatable bonds is 5. The molecule has 0 radical (unpaired) electrons. The van der Waals surface area contributed by atoms with E-state index >= 15 is 0 Å². The summed E-state index contributed by atoms with van der Waals surface area (Å²) >= 11 is 3.43. The van der Waals surface area contributed by atoms with Crippen LogP contribution in [0.4, 0.5) is 4.39 Å². The van der Waals surface area contributed by atoms with Crippen LogP contribution >= 0.6 is 15.9 Å². The predicted octanol–water partition coefficient (Wildman–Crippen LogP) is 4.03. The molecule has 2 rings (SSSR count). The molecule has 0 aliphatic carbocycles. The summed E-state index contributed by atoms with van der Waals surface area (Å²) in [5, 5.41) is 0. The Morgan fingerprint density at radius 3 is 2.48 bits per heavy atom. The molecule has 21 heavy (non-hydrogen) atoms. The predicted molar refractivity (Wildman–Crippen MR) is 88.5 cm³/mol. The SMILES string of the molecule is Cc1ccc(F)c(C(CN)N(C)Cc2ccc(Br)cc2)c1. The fourth-order valence-electron chi connectivity index (χ4n) is 2.45. The zero-order valence-corrected chi connectivity index (χ0v) is 13.9. The van der Waals surface area contributed by atoms with E-state index < -0.39 is 0 Å². The molecule has 112 valence electrons. The molecule has 0 saturated heterocycles. The van der Waals surface area contributed by atoms with Crippen molar-refractivity contribution < 1.29 is 4.39 Å². The number of hydrogen-bond donors (Lipinski definition) is 1. The Balaban J connectivity index is 2.20. The van der Waals surface area contributed by atoms with Gasteiger partial charge in [-0.1, -0.05) is 45.8 Å². The minimum absolute atomic E-state index is 0.131. The first kappa shape index (κ1) is 16.1. The maximum atomic E-state index is 14.1. The third-order valence-electron chi connectivity index (χ3n) is 3.61. The second-order valence-electron chi connectivity index (χ2n) is 5.32. The van der Waals surface area contributed by atoms with E-state index in [0.717, 1.165) is 16.6 Å². The molecule has 0 amide bonds. The third-order valence-corrected chi connectivity index (χ3v) is 4.14. The summed E-state index contributed by atoms with van der Waals surface area (Å²) < 4.78 is 15.1. The van der Waals surface area contributed by atoms with Crippen LogP contribution in [0.2, 0.25) is 0 Å². The summed E-state index contributed by atoms with van der Waals surface area (Å²) in [6.45, 7) is 3.07. The van der Waals surface area contributed by atoms with E-state index in [2.05, 4.69) is 33.0 Å². The summed E-state index contributed by atoms with van der Waals surface area (Å²) in [5.41, 5.74) is 8.77. The van der Waals surface area contributed by atoms with E-state index in [-0.39, 0.29) is 11.9 Å². The molecule has 1 unspecified atom stereocenters. The summed E-state index contributed by atoms with van der Waals surface area (Å²) in [5.74, 6) is -0.196. The van der Waals surface area contributed by atoms with Crippen LogP contribution in [0, 0.1) is 12.7 Å². The van der Waals surface area contributed by atoms with Gasteiger partial charge in [0.15, 0.2) is 0 Å². The van der Waals surface area contributed by atoms with E-state index in [1.165, 1.54) is 11.6 Å². The monoisotopic (exact) mass is 350 g/mol. The lowest BCUT2D eigenvalue weighted by Crippen LogP contribution is -2.31. The minimum Gasteiger partial charge on any atom is -0.329 e. The Labute approximate surface area is 133 Å². The number of aryl methyl sites for hydroxylation is 1. The fourth-order valence-corrected chi connectivity index (χ4v) is 2.72. The van der Waals surface area contributed by atoms with Crippen LogP contribution in [0.3, 0.4) is 0 Å². The molecule has 2 aromatic rings. The van der Waals surface area contributed by atoms with Crippen molar-refractivity contribution >= 4 is 15.9 Å². The lowest BCUT2D eigenvalue weighted by atomic mass is 10.0. The molecule has 0 saturated carbocycles. The number of nitrogens with two attached hydrogens (primary N) is 1. The number of benzene rings is 2. The van der Waals surface area contributed by atoms with Gasteiger partial charge in [-0.2, -0.15) is 0 Å². The summed E-state index contributed by atoms with van der Waals surface area (Å²) in [6.07, 6.45) is 0. The van der Waals surface area contributed by atoms with Gasteiger partial charge in [0.1, 0.15) is 5.82 Å². The first-order valence-corrected chi connectivity index (χ1v) is 7.71. The quantitative estimate of drug-likeness (QED) is 0.881. The molecule has 0 bridgehead atoms. The topological polar surface area (TPSA) is 29.3 Å². The van der Waals surface area contributed by atoms with Crippen molar-refractivity contribution in [1.29, 1.82) is 0 Å². The van der Waals surface area contributed by atoms with Crippen LogP contribution in [0.5, 0.6) is 0 Å². The standard InChI is InChI=1S/C17H20BrFN2/c1-12-3-8-16(19)15(9-12)17(10-20)21(2)11-13-4-6-14(18)7-5-13/h3-9,17H,10-11,20H2,1-2H3. The second-order valence-corrected chi connectivity index (χ2v) is 6.23. The zero-order chi connectivity index (χ0) is 15.4. The molecule has 0 aliphatic rings. The van der Waals surface area contributed by atoms with Gasteiger partial charge in [0.2, 0.25) is 0 Å². The Morgan fingerprint density at radius 1 is 1.19 bits per heavy atom. The molecule has 2 N–H and O–H groups in total. The van der Waals surface area contributed by atoms with Gasteiger partial charge in [0.25, 0.3) is 0 Å². The highest BCUT2D eigenvalue weighted by Crippen LogP contribution is 2.24. The van der Waals surface area contributed by atoms with Crippen LogP contribution in [-0.4, -0.2) is 18.5 Å². The third kappa shape index (κ3) is 4.13. The number of nitrogens with zero attached hydrogens (tertiary/aromatic N) is 1. The minimum atomic E-state index is -0.196. The van der Waals surface area contributed by atoms with Gasteiger partial charge in [-0.3, -0.25) is 4.90 Å². The van der Waals surface area contributed by atoms with Crippen molar-refractivity contribution in [3.63, 3.8) is 0 Å². The number of halogens is 2. The van der Waals surface area contributed by atoms with E-state index in [1.807, 2.05) is 32.2 Å². The second kappa shape index (κ2) is 7.16. The Bertz CT molecular complexity index is 598. The maximum Gasteiger partial charge on any atom is 0.128 e. The molecular weight excluding hydrogens is 331 g/mol. The Hall–Kier alpha value is -1.23. The highest BCUT2D eigenvalue weighted by molar-refractivity contribution is 9.10. The van der Waals surface area contributed by atoms with Crippen LogP contribution in [-0.2, 0) is 6.54 Å². The Morgan fingerprint density at radius 2 is 1.86 bits per heavy atom. The van der Waals surface area contributed by atoms with Gasteiger partial charge >= 0.3 is 0 Å². The highest BCUT2D eigenvalue weighted by atomic mass is 79.9. The van der Waals surface area contributed by atoms with Crippen LogP contribution < -0.4 is 5.73 Å². The van der Waals surface area contributed by atoms with E-state index in [9.17, 15) is 4.39 Å². The van der Waals surface area contributed by atoms with Crippen molar-refractivity contribution in [3.8, 4) is 0 Å². The normalized spacial score (nSPS) is 12.7. The van der Waals surface area contributed by atoms with Gasteiger partial charge in [-0.15, -0.1) is 0 Å². The molecular formula is C17H20BrFN2. The largest absolute Gasteiger partial charge is 0.329 e. The fraction of sp³-hybridized carbons (Fsp3) is 0.294. The first-order chi connectivity index (χ1) is 10.0. The van der Waals surface area contributed by atoms with Gasteiger partial charge < -0.3 is 5.73 Å². The van der Waals surface area contributed by atoms with E-state index in [1.54, 1.807) is 6.07 Å². The zero-order valence-electron chi connectivity index (χ0n) is 12.3. The van der Waals surface area contributed by atoms with Crippen molar-refractivity contribution in [3.05, 3.63) is 69.4 Å². The van der Waals surface area contributed by atoms with Crippen molar-refractivity contribution in [2.75, 3.05) is 13.6 Å². The summed E-state index contributed by atoms with van der Waals surface area (Å²) in [7, 11) is 1.97. The van der Waals surface area contributed by atoms with Gasteiger partial charge in [0, 0.05) is 29.2 Å². The Kier molecular flexibility index (Phi) is 5.51. The maximum absolute atomic E-state index is 14.1. The van der Waals surface area contributed by atoms with Crippen molar-refractivity contribution in [2.45, 2.75) is 19.5 Å². The molecule has 0 aliphatic heterocycles. The average molecular weight is 351 g/mol. The summed E-state index contributed by atoms with van der Waals surface area (Å²) in [6, 6.07) is 13.2. The van der Waals surface area contributed by atoms with Gasteiger partial charge in [-0.25, -0.2) is 4.39 Å². The lowest BCUT2D eigenvalue weighted by Gasteiger charge is -2.28. The average Bonchev–Trinajstić information content (AvgIpc) is 2.46.